The summed E-state index contributed by atoms with van der Waals surface area (Å²) >= 11 is 0. The average molecular weight is 578 g/mol. The number of hydrogen-bond donors (Lipinski definition) is 2. The van der Waals surface area contributed by atoms with Gasteiger partial charge in [-0.3, -0.25) is 4.98 Å². The average Bonchev–Trinajstić information content (AvgIpc) is 3.38. The lowest BCUT2D eigenvalue weighted by molar-refractivity contribution is 0.245. The third-order valence-electron chi connectivity index (χ3n) is 6.45. The maximum Gasteiger partial charge on any atom is 0.329 e. The standard InChI is InChI=1S/C31H36FN5O3S/c1-21(2)16-22-9-12-28(41(39,40)36-30(38)35-19-25-8-6-7-13-33-25)26(17-22)23-10-11-24(27(32)18-23)20-37-15-14-34-29(37)31(3,4)5/h6-15,17-18,21H,16,19-20H2,1-5H3,(H2,35,36,38). The lowest BCUT2D eigenvalue weighted by Gasteiger charge is -2.20. The van der Waals surface area contributed by atoms with Crippen LogP contribution in [0.1, 0.15) is 57.3 Å². The zero-order valence-corrected chi connectivity index (χ0v) is 24.8. The largest absolute Gasteiger partial charge is 0.332 e. The van der Waals surface area contributed by atoms with Crippen LogP contribution < -0.4 is 10.0 Å². The van der Waals surface area contributed by atoms with Crippen LogP contribution in [0.25, 0.3) is 11.1 Å². The number of aromatic nitrogens is 3. The highest BCUT2D eigenvalue weighted by Gasteiger charge is 2.24. The van der Waals surface area contributed by atoms with E-state index in [9.17, 15) is 13.2 Å². The summed E-state index contributed by atoms with van der Waals surface area (Å²) in [6.45, 7) is 10.6. The number of halogens is 1. The van der Waals surface area contributed by atoms with Crippen LogP contribution >= 0.6 is 0 Å². The van der Waals surface area contributed by atoms with Gasteiger partial charge in [-0.25, -0.2) is 27.3 Å². The van der Waals surface area contributed by atoms with Crippen LogP contribution in [0.2, 0.25) is 0 Å². The molecular weight excluding hydrogens is 541 g/mol. The Morgan fingerprint density at radius 3 is 2.46 bits per heavy atom. The molecule has 4 rings (SSSR count). The summed E-state index contributed by atoms with van der Waals surface area (Å²) in [5.41, 5.74) is 2.44. The minimum atomic E-state index is -4.29. The first-order valence-corrected chi connectivity index (χ1v) is 15.0. The monoisotopic (exact) mass is 577 g/mol. The normalized spacial score (nSPS) is 12.0. The molecule has 0 atom stereocenters. The zero-order valence-electron chi connectivity index (χ0n) is 24.0. The SMILES string of the molecule is CC(C)Cc1ccc(S(=O)(=O)NC(=O)NCc2ccccn2)c(-c2ccc(Cn3ccnc3C(C)(C)C)c(F)c2)c1. The predicted molar refractivity (Wildman–Crippen MR) is 157 cm³/mol. The van der Waals surface area contributed by atoms with Crippen LogP contribution in [0, 0.1) is 11.7 Å². The predicted octanol–water partition coefficient (Wildman–Crippen LogP) is 5.82. The van der Waals surface area contributed by atoms with Crippen molar-refractivity contribution in [3.63, 3.8) is 0 Å². The Kier molecular flexibility index (Phi) is 8.92. The number of nitrogens with zero attached hydrogens (tertiary/aromatic N) is 3. The van der Waals surface area contributed by atoms with Crippen molar-refractivity contribution in [2.24, 2.45) is 5.92 Å². The van der Waals surface area contributed by atoms with E-state index in [0.29, 0.717) is 34.7 Å². The quantitative estimate of drug-likeness (QED) is 0.261. The molecule has 41 heavy (non-hydrogen) atoms. The van der Waals surface area contributed by atoms with Gasteiger partial charge in [0.2, 0.25) is 0 Å². The fourth-order valence-electron chi connectivity index (χ4n) is 4.63. The van der Waals surface area contributed by atoms with Gasteiger partial charge in [0.25, 0.3) is 10.0 Å². The van der Waals surface area contributed by atoms with Crippen LogP contribution in [0.4, 0.5) is 9.18 Å². The van der Waals surface area contributed by atoms with Crippen molar-refractivity contribution in [1.82, 2.24) is 24.6 Å². The molecule has 0 aliphatic rings. The Morgan fingerprint density at radius 1 is 1.02 bits per heavy atom. The second-order valence-electron chi connectivity index (χ2n) is 11.5. The Labute approximate surface area is 241 Å². The Morgan fingerprint density at radius 2 is 1.80 bits per heavy atom. The van der Waals surface area contributed by atoms with Gasteiger partial charge in [-0.2, -0.15) is 0 Å². The summed E-state index contributed by atoms with van der Waals surface area (Å²) in [5.74, 6) is 0.699. The number of benzene rings is 2. The number of sulfonamides is 1. The van der Waals surface area contributed by atoms with E-state index in [0.717, 1.165) is 11.4 Å². The third kappa shape index (κ3) is 7.58. The Balaban J connectivity index is 1.64. The lowest BCUT2D eigenvalue weighted by atomic mass is 9.95. The third-order valence-corrected chi connectivity index (χ3v) is 7.84. The van der Waals surface area contributed by atoms with Gasteiger partial charge >= 0.3 is 6.03 Å². The number of carbonyl (C=O) groups is 1. The van der Waals surface area contributed by atoms with Crippen LogP contribution in [0.5, 0.6) is 0 Å². The smallest absolute Gasteiger partial charge is 0.329 e. The number of urea groups is 1. The second kappa shape index (κ2) is 12.2. The summed E-state index contributed by atoms with van der Waals surface area (Å²) in [5, 5.41) is 2.51. The number of rotatable bonds is 9. The van der Waals surface area contributed by atoms with Crippen LogP contribution in [0.15, 0.2) is 78.1 Å². The van der Waals surface area contributed by atoms with Crippen molar-refractivity contribution in [3.05, 3.63) is 102 Å². The molecular formula is C31H36FN5O3S. The van der Waals surface area contributed by atoms with E-state index >= 15 is 4.39 Å². The number of carbonyl (C=O) groups excluding carboxylic acids is 1. The van der Waals surface area contributed by atoms with Crippen molar-refractivity contribution in [2.75, 3.05) is 0 Å². The number of amides is 2. The molecule has 216 valence electrons. The van der Waals surface area contributed by atoms with E-state index in [1.165, 1.54) is 12.1 Å². The summed E-state index contributed by atoms with van der Waals surface area (Å²) in [6.07, 6.45) is 5.81. The van der Waals surface area contributed by atoms with Crippen molar-refractivity contribution in [3.8, 4) is 11.1 Å². The van der Waals surface area contributed by atoms with Gasteiger partial charge in [0.05, 0.1) is 23.7 Å². The maximum atomic E-state index is 15.5. The topological polar surface area (TPSA) is 106 Å². The van der Waals surface area contributed by atoms with E-state index in [1.807, 2.05) is 31.5 Å². The van der Waals surface area contributed by atoms with Gasteiger partial charge in [0.15, 0.2) is 0 Å². The van der Waals surface area contributed by atoms with E-state index in [1.54, 1.807) is 54.9 Å². The van der Waals surface area contributed by atoms with Gasteiger partial charge in [-0.15, -0.1) is 0 Å². The Hall–Kier alpha value is -4.05. The molecule has 0 unspecified atom stereocenters. The summed E-state index contributed by atoms with van der Waals surface area (Å²) in [4.78, 5) is 21.0. The molecule has 0 saturated carbocycles. The van der Waals surface area contributed by atoms with Crippen molar-refractivity contribution >= 4 is 16.1 Å². The van der Waals surface area contributed by atoms with Crippen molar-refractivity contribution in [2.45, 2.75) is 64.4 Å². The lowest BCUT2D eigenvalue weighted by Crippen LogP contribution is -2.39. The first-order valence-electron chi connectivity index (χ1n) is 13.5. The van der Waals surface area contributed by atoms with E-state index in [2.05, 4.69) is 33.9 Å². The molecule has 2 aromatic heterocycles. The maximum absolute atomic E-state index is 15.5. The minimum absolute atomic E-state index is 0.0584. The second-order valence-corrected chi connectivity index (χ2v) is 13.1. The Bertz CT molecular complexity index is 1630. The number of imidazole rings is 1. The molecule has 8 nitrogen and oxygen atoms in total. The fourth-order valence-corrected chi connectivity index (χ4v) is 5.77. The van der Waals surface area contributed by atoms with Crippen LogP contribution in [-0.2, 0) is 34.9 Å². The van der Waals surface area contributed by atoms with Gasteiger partial charge in [0.1, 0.15) is 11.6 Å². The van der Waals surface area contributed by atoms with Gasteiger partial charge in [-0.05, 0) is 53.8 Å². The van der Waals surface area contributed by atoms with E-state index < -0.39 is 21.9 Å². The molecule has 4 aromatic rings. The molecule has 0 spiro atoms. The molecule has 0 aliphatic carbocycles. The number of nitrogens with one attached hydrogen (secondary N) is 2. The molecule has 2 amide bonds. The van der Waals surface area contributed by atoms with Crippen molar-refractivity contribution in [1.29, 1.82) is 0 Å². The summed E-state index contributed by atoms with van der Waals surface area (Å²) < 4.78 is 46.3. The first-order chi connectivity index (χ1) is 19.3. The minimum Gasteiger partial charge on any atom is -0.332 e. The van der Waals surface area contributed by atoms with Gasteiger partial charge in [0, 0.05) is 35.1 Å². The molecule has 2 N–H and O–H groups in total. The molecule has 0 radical (unpaired) electrons. The molecule has 2 aromatic carbocycles. The van der Waals surface area contributed by atoms with Crippen LogP contribution in [0.3, 0.4) is 0 Å². The summed E-state index contributed by atoms with van der Waals surface area (Å²) in [7, 11) is -4.29. The first kappa shape index (κ1) is 29.9. The molecule has 0 saturated heterocycles. The molecule has 0 fully saturated rings. The van der Waals surface area contributed by atoms with Gasteiger partial charge in [-0.1, -0.05) is 58.9 Å². The number of pyridine rings is 1. The highest BCUT2D eigenvalue weighted by molar-refractivity contribution is 7.90. The van der Waals surface area contributed by atoms with Crippen molar-refractivity contribution < 1.29 is 17.6 Å². The van der Waals surface area contributed by atoms with Crippen LogP contribution in [-0.4, -0.2) is 29.0 Å². The highest BCUT2D eigenvalue weighted by Crippen LogP contribution is 2.31. The molecule has 0 aliphatic heterocycles. The van der Waals surface area contributed by atoms with E-state index in [4.69, 9.17) is 0 Å². The highest BCUT2D eigenvalue weighted by atomic mass is 32.2. The van der Waals surface area contributed by atoms with E-state index in [-0.39, 0.29) is 23.4 Å². The fraction of sp³-hybridized carbons (Fsp3) is 0.323. The molecule has 0 bridgehead atoms. The summed E-state index contributed by atoms with van der Waals surface area (Å²) in [6, 6.07) is 14.0. The molecule has 2 heterocycles. The number of hydrogen-bond acceptors (Lipinski definition) is 5. The zero-order chi connectivity index (χ0) is 29.8. The molecule has 10 heteroatoms. The van der Waals surface area contributed by atoms with Gasteiger partial charge < -0.3 is 9.88 Å².